The van der Waals surface area contributed by atoms with Crippen LogP contribution in [-0.2, 0) is 9.59 Å². The Kier molecular flexibility index (Phi) is 4.83. The number of carboxylic acid groups (broad SMARTS) is 1. The minimum Gasteiger partial charge on any atom is -0.550 e. The fraction of sp³-hybridized carbons (Fsp3) is 0.500. The summed E-state index contributed by atoms with van der Waals surface area (Å²) in [5.41, 5.74) is 1.56. The second-order valence-electron chi connectivity index (χ2n) is 5.49. The number of nitrogens with one attached hydrogen (secondary N) is 1. The summed E-state index contributed by atoms with van der Waals surface area (Å²) in [6, 6.07) is 5.36. The number of carbonyl (C=O) groups excluding carboxylic acids is 2. The van der Waals surface area contributed by atoms with E-state index in [1.807, 2.05) is 13.0 Å². The topological polar surface area (TPSA) is 78.5 Å². The summed E-state index contributed by atoms with van der Waals surface area (Å²) < 4.78 is 5.12. The lowest BCUT2D eigenvalue weighted by Crippen LogP contribution is -2.42. The molecule has 0 aliphatic heterocycles. The molecule has 1 aromatic carbocycles. The summed E-state index contributed by atoms with van der Waals surface area (Å²) in [5.74, 6) is -1.84. The van der Waals surface area contributed by atoms with Gasteiger partial charge in [-0.3, -0.25) is 4.79 Å². The van der Waals surface area contributed by atoms with Crippen LogP contribution in [0, 0.1) is 18.8 Å². The highest BCUT2D eigenvalue weighted by atomic mass is 16.5. The maximum Gasteiger partial charge on any atom is 0.228 e. The first-order chi connectivity index (χ1) is 10.0. The molecule has 0 radical (unpaired) electrons. The number of carboxylic acids is 1. The van der Waals surface area contributed by atoms with Gasteiger partial charge in [0, 0.05) is 23.5 Å². The predicted octanol–water partition coefficient (Wildman–Crippen LogP) is 1.50. The molecule has 1 aliphatic carbocycles. The Balaban J connectivity index is 2.11. The third-order valence-corrected chi connectivity index (χ3v) is 4.10. The van der Waals surface area contributed by atoms with E-state index in [9.17, 15) is 14.7 Å². The first-order valence-electron chi connectivity index (χ1n) is 7.19. The Hall–Kier alpha value is -2.04. The third-order valence-electron chi connectivity index (χ3n) is 4.10. The van der Waals surface area contributed by atoms with Gasteiger partial charge >= 0.3 is 0 Å². The summed E-state index contributed by atoms with van der Waals surface area (Å²) in [6.07, 6.45) is 2.83. The molecule has 1 amide bonds. The molecule has 1 N–H and O–H groups in total. The molecule has 2 atom stereocenters. The number of hydrogen-bond acceptors (Lipinski definition) is 4. The van der Waals surface area contributed by atoms with Gasteiger partial charge in [0.15, 0.2) is 0 Å². The Morgan fingerprint density at radius 3 is 2.48 bits per heavy atom. The summed E-state index contributed by atoms with van der Waals surface area (Å²) in [6.45, 7) is 1.87. The summed E-state index contributed by atoms with van der Waals surface area (Å²) in [5, 5.41) is 14.0. The van der Waals surface area contributed by atoms with E-state index in [2.05, 4.69) is 5.32 Å². The van der Waals surface area contributed by atoms with Crippen LogP contribution in [0.5, 0.6) is 5.75 Å². The highest BCUT2D eigenvalue weighted by molar-refractivity contribution is 5.95. The standard InChI is InChI=1S/C16H21NO4/c1-10-9-11(21-2)7-8-14(10)17-15(18)12-5-3-4-6-13(12)16(19)20/h7-9,12-13H,3-6H2,1-2H3,(H,17,18)(H,19,20)/p-1/t12-,13-/m1/s1. The molecule has 0 unspecified atom stereocenters. The van der Waals surface area contributed by atoms with Gasteiger partial charge in [-0.05, 0) is 43.5 Å². The van der Waals surface area contributed by atoms with E-state index < -0.39 is 17.8 Å². The molecule has 0 spiro atoms. The van der Waals surface area contributed by atoms with Gasteiger partial charge in [-0.25, -0.2) is 0 Å². The summed E-state index contributed by atoms with van der Waals surface area (Å²) in [4.78, 5) is 23.5. The van der Waals surface area contributed by atoms with E-state index in [0.717, 1.165) is 24.2 Å². The normalized spacial score (nSPS) is 21.6. The second kappa shape index (κ2) is 6.61. The molecule has 0 aromatic heterocycles. The number of methoxy groups -OCH3 is 1. The minimum atomic E-state index is -1.12. The van der Waals surface area contributed by atoms with E-state index in [0.29, 0.717) is 18.5 Å². The number of anilines is 1. The lowest BCUT2D eigenvalue weighted by atomic mass is 9.78. The van der Waals surface area contributed by atoms with E-state index in [1.165, 1.54) is 0 Å². The zero-order valence-electron chi connectivity index (χ0n) is 12.3. The Morgan fingerprint density at radius 2 is 1.90 bits per heavy atom. The smallest absolute Gasteiger partial charge is 0.228 e. The monoisotopic (exact) mass is 290 g/mol. The van der Waals surface area contributed by atoms with Crippen LogP contribution < -0.4 is 15.2 Å². The second-order valence-corrected chi connectivity index (χ2v) is 5.49. The maximum atomic E-state index is 12.4. The molecule has 114 valence electrons. The highest BCUT2D eigenvalue weighted by Crippen LogP contribution is 2.31. The number of hydrogen-bond donors (Lipinski definition) is 1. The van der Waals surface area contributed by atoms with Crippen LogP contribution in [0.1, 0.15) is 31.2 Å². The molecule has 1 fully saturated rings. The average molecular weight is 290 g/mol. The van der Waals surface area contributed by atoms with Crippen molar-refractivity contribution in [2.24, 2.45) is 11.8 Å². The fourth-order valence-corrected chi connectivity index (χ4v) is 2.86. The SMILES string of the molecule is COc1ccc(NC(=O)[C@@H]2CCCC[C@H]2C(=O)[O-])c(C)c1. The van der Waals surface area contributed by atoms with Crippen molar-refractivity contribution >= 4 is 17.6 Å². The van der Waals surface area contributed by atoms with Crippen molar-refractivity contribution in [1.82, 2.24) is 0 Å². The number of aliphatic carboxylic acids is 1. The molecule has 1 aromatic rings. The van der Waals surface area contributed by atoms with E-state index in [-0.39, 0.29) is 5.91 Å². The molecule has 0 bridgehead atoms. The zero-order valence-corrected chi connectivity index (χ0v) is 12.3. The molecule has 5 nitrogen and oxygen atoms in total. The van der Waals surface area contributed by atoms with Crippen LogP contribution in [0.15, 0.2) is 18.2 Å². The van der Waals surface area contributed by atoms with Crippen molar-refractivity contribution in [1.29, 1.82) is 0 Å². The number of aryl methyl sites for hydroxylation is 1. The summed E-state index contributed by atoms with van der Waals surface area (Å²) in [7, 11) is 1.58. The van der Waals surface area contributed by atoms with Crippen LogP contribution in [0.3, 0.4) is 0 Å². The van der Waals surface area contributed by atoms with Gasteiger partial charge in [0.25, 0.3) is 0 Å². The fourth-order valence-electron chi connectivity index (χ4n) is 2.86. The predicted molar refractivity (Wildman–Crippen MR) is 76.8 cm³/mol. The van der Waals surface area contributed by atoms with Crippen molar-refractivity contribution in [3.63, 3.8) is 0 Å². The van der Waals surface area contributed by atoms with Crippen LogP contribution >= 0.6 is 0 Å². The molecule has 21 heavy (non-hydrogen) atoms. The van der Waals surface area contributed by atoms with Crippen LogP contribution in [0.4, 0.5) is 5.69 Å². The van der Waals surface area contributed by atoms with Gasteiger partial charge in [-0.2, -0.15) is 0 Å². The van der Waals surface area contributed by atoms with E-state index >= 15 is 0 Å². The van der Waals surface area contributed by atoms with Crippen molar-refractivity contribution in [3.05, 3.63) is 23.8 Å². The molecule has 1 saturated carbocycles. The van der Waals surface area contributed by atoms with Crippen molar-refractivity contribution in [3.8, 4) is 5.75 Å². The van der Waals surface area contributed by atoms with Crippen LogP contribution in [-0.4, -0.2) is 19.0 Å². The van der Waals surface area contributed by atoms with Gasteiger partial charge in [0.1, 0.15) is 5.75 Å². The molecular formula is C16H20NO4-. The minimum absolute atomic E-state index is 0.239. The molecule has 0 saturated heterocycles. The maximum absolute atomic E-state index is 12.4. The number of ether oxygens (including phenoxy) is 1. The lowest BCUT2D eigenvalue weighted by Gasteiger charge is -2.31. The molecule has 5 heteroatoms. The zero-order chi connectivity index (χ0) is 15.4. The van der Waals surface area contributed by atoms with E-state index in [4.69, 9.17) is 4.74 Å². The number of carbonyl (C=O) groups is 2. The van der Waals surface area contributed by atoms with Crippen molar-refractivity contribution in [2.75, 3.05) is 12.4 Å². The molecule has 1 aliphatic rings. The Bertz CT molecular complexity index is 541. The Labute approximate surface area is 124 Å². The van der Waals surface area contributed by atoms with Gasteiger partial charge in [0.05, 0.1) is 7.11 Å². The van der Waals surface area contributed by atoms with Crippen LogP contribution in [0.2, 0.25) is 0 Å². The third kappa shape index (κ3) is 3.54. The van der Waals surface area contributed by atoms with Crippen LogP contribution in [0.25, 0.3) is 0 Å². The van der Waals surface area contributed by atoms with Gasteiger partial charge in [-0.15, -0.1) is 0 Å². The number of amides is 1. The van der Waals surface area contributed by atoms with Crippen molar-refractivity contribution < 1.29 is 19.4 Å². The largest absolute Gasteiger partial charge is 0.550 e. The van der Waals surface area contributed by atoms with Crippen molar-refractivity contribution in [2.45, 2.75) is 32.6 Å². The number of rotatable bonds is 4. The molecule has 0 heterocycles. The molecular weight excluding hydrogens is 270 g/mol. The van der Waals surface area contributed by atoms with E-state index in [1.54, 1.807) is 19.2 Å². The van der Waals surface area contributed by atoms with Gasteiger partial charge in [-0.1, -0.05) is 12.8 Å². The summed E-state index contributed by atoms with van der Waals surface area (Å²) >= 11 is 0. The first kappa shape index (κ1) is 15.4. The number of benzene rings is 1. The highest BCUT2D eigenvalue weighted by Gasteiger charge is 2.31. The average Bonchev–Trinajstić information content (AvgIpc) is 2.49. The van der Waals surface area contributed by atoms with Gasteiger partial charge in [0.2, 0.25) is 5.91 Å². The first-order valence-corrected chi connectivity index (χ1v) is 7.19. The van der Waals surface area contributed by atoms with Gasteiger partial charge < -0.3 is 20.0 Å². The quantitative estimate of drug-likeness (QED) is 0.911. The Morgan fingerprint density at radius 1 is 1.24 bits per heavy atom. The lowest BCUT2D eigenvalue weighted by molar-refractivity contribution is -0.313. The molecule has 2 rings (SSSR count).